The zero-order chi connectivity index (χ0) is 15.8. The average molecular weight is 484 g/mol. The number of hydrogen-bond acceptors (Lipinski definition) is 3. The van der Waals surface area contributed by atoms with Gasteiger partial charge in [0.1, 0.15) is 0 Å². The van der Waals surface area contributed by atoms with E-state index in [1.807, 2.05) is 19.1 Å². The van der Waals surface area contributed by atoms with Crippen molar-refractivity contribution in [2.24, 2.45) is 5.10 Å². The quantitative estimate of drug-likeness (QED) is 0.420. The fourth-order valence-corrected chi connectivity index (χ4v) is 4.20. The molecule has 7 heteroatoms. The number of nitrogens with zero attached hydrogens (tertiary/aromatic N) is 1. The topological polar surface area (TPSA) is 53.5 Å². The summed E-state index contributed by atoms with van der Waals surface area (Å²) in [6, 6.07) is 3.83. The Balaban J connectivity index is 2.58. The lowest BCUT2D eigenvalue weighted by Gasteiger charge is -2.11. The minimum absolute atomic E-state index is 0.158. The van der Waals surface area contributed by atoms with E-state index in [9.17, 15) is 4.79 Å². The first kappa shape index (κ1) is 18.6. The summed E-state index contributed by atoms with van der Waals surface area (Å²) >= 11 is 10.3. The van der Waals surface area contributed by atoms with Crippen LogP contribution in [0.15, 0.2) is 30.7 Å². The molecule has 116 valence electrons. The summed E-state index contributed by atoms with van der Waals surface area (Å²) in [5.74, 6) is -0.168. The van der Waals surface area contributed by atoms with E-state index in [1.54, 1.807) is 0 Å². The first-order chi connectivity index (χ1) is 9.97. The molecular formula is C14H18Br3N3O. The maximum Gasteiger partial charge on any atom is 0.259 e. The van der Waals surface area contributed by atoms with Crippen LogP contribution in [0, 0.1) is 0 Å². The molecule has 0 atom stereocenters. The number of hydrazone groups is 1. The van der Waals surface area contributed by atoms with Gasteiger partial charge in [0.2, 0.25) is 0 Å². The predicted octanol–water partition coefficient (Wildman–Crippen LogP) is 5.07. The summed E-state index contributed by atoms with van der Waals surface area (Å²) < 4.78 is 2.70. The van der Waals surface area contributed by atoms with E-state index >= 15 is 0 Å². The first-order valence-corrected chi connectivity index (χ1v) is 9.08. The molecule has 21 heavy (non-hydrogen) atoms. The Labute approximate surface area is 150 Å². The molecule has 0 saturated carbocycles. The van der Waals surface area contributed by atoms with Gasteiger partial charge in [-0.15, -0.1) is 0 Å². The summed E-state index contributed by atoms with van der Waals surface area (Å²) in [5, 5.41) is 7.24. The van der Waals surface area contributed by atoms with Gasteiger partial charge < -0.3 is 5.32 Å². The van der Waals surface area contributed by atoms with Crippen molar-refractivity contribution in [3.05, 3.63) is 25.6 Å². The second-order valence-corrected chi connectivity index (χ2v) is 7.04. The van der Waals surface area contributed by atoms with Gasteiger partial charge in [0, 0.05) is 19.1 Å². The molecule has 1 aromatic carbocycles. The van der Waals surface area contributed by atoms with Gasteiger partial charge in [0.15, 0.2) is 0 Å². The van der Waals surface area contributed by atoms with Crippen molar-refractivity contribution in [1.29, 1.82) is 0 Å². The van der Waals surface area contributed by atoms with Crippen LogP contribution in [0.1, 0.15) is 33.1 Å². The van der Waals surface area contributed by atoms with Gasteiger partial charge in [-0.3, -0.25) is 4.79 Å². The largest absolute Gasteiger partial charge is 0.374 e. The van der Waals surface area contributed by atoms with Crippen LogP contribution >= 0.6 is 47.8 Å². The highest BCUT2D eigenvalue weighted by atomic mass is 79.9. The molecule has 1 amide bonds. The second-order valence-electron chi connectivity index (χ2n) is 4.41. The molecule has 1 rings (SSSR count). The number of benzene rings is 1. The highest BCUT2D eigenvalue weighted by molar-refractivity contribution is 9.11. The third kappa shape index (κ3) is 6.48. The molecule has 0 aliphatic heterocycles. The lowest BCUT2D eigenvalue weighted by molar-refractivity contribution is -0.119. The molecule has 0 aromatic heterocycles. The number of hydrogen-bond donors (Lipinski definition) is 2. The van der Waals surface area contributed by atoms with Crippen LogP contribution in [-0.2, 0) is 4.79 Å². The van der Waals surface area contributed by atoms with Gasteiger partial charge >= 0.3 is 0 Å². The summed E-state index contributed by atoms with van der Waals surface area (Å²) in [7, 11) is 0. The molecule has 0 unspecified atom stereocenters. The van der Waals surface area contributed by atoms with Crippen molar-refractivity contribution < 1.29 is 4.79 Å². The zero-order valence-electron chi connectivity index (χ0n) is 12.0. The maximum absolute atomic E-state index is 11.8. The van der Waals surface area contributed by atoms with E-state index in [0.717, 1.165) is 44.1 Å². The molecule has 0 fully saturated rings. The molecule has 4 nitrogen and oxygen atoms in total. The smallest absolute Gasteiger partial charge is 0.259 e. The van der Waals surface area contributed by atoms with Crippen molar-refractivity contribution in [2.75, 3.05) is 11.9 Å². The number of amides is 1. The zero-order valence-corrected chi connectivity index (χ0v) is 16.7. The number of carbonyl (C=O) groups excluding carboxylic acids is 1. The van der Waals surface area contributed by atoms with Gasteiger partial charge in [-0.1, -0.05) is 36.2 Å². The highest BCUT2D eigenvalue weighted by Gasteiger charge is 2.08. The molecule has 0 saturated heterocycles. The molecule has 0 aliphatic rings. The van der Waals surface area contributed by atoms with Crippen LogP contribution in [0.3, 0.4) is 0 Å². The maximum atomic E-state index is 11.8. The summed E-state index contributed by atoms with van der Waals surface area (Å²) in [6.45, 7) is 4.29. The molecule has 0 bridgehead atoms. The number of nitrogens with one attached hydrogen (secondary N) is 2. The van der Waals surface area contributed by atoms with Crippen molar-refractivity contribution in [3.8, 4) is 0 Å². The Morgan fingerprint density at radius 3 is 2.33 bits per heavy atom. The van der Waals surface area contributed by atoms with Crippen molar-refractivity contribution in [2.45, 2.75) is 33.1 Å². The summed E-state index contributed by atoms with van der Waals surface area (Å²) in [5.41, 5.74) is 4.43. The SMILES string of the molecule is CCC/C(CC)=N\NC(=O)CNc1c(Br)cc(Br)cc1Br. The minimum atomic E-state index is -0.168. The molecule has 0 spiro atoms. The Kier molecular flexibility index (Phi) is 8.51. The summed E-state index contributed by atoms with van der Waals surface area (Å²) in [4.78, 5) is 11.8. The van der Waals surface area contributed by atoms with E-state index in [4.69, 9.17) is 0 Å². The van der Waals surface area contributed by atoms with Crippen LogP contribution in [0.2, 0.25) is 0 Å². The third-order valence-electron chi connectivity index (χ3n) is 2.72. The summed E-state index contributed by atoms with van der Waals surface area (Å²) in [6.07, 6.45) is 2.79. The Bertz CT molecular complexity index is 509. The van der Waals surface area contributed by atoms with Crippen molar-refractivity contribution in [1.82, 2.24) is 5.43 Å². The first-order valence-electron chi connectivity index (χ1n) is 6.70. The predicted molar refractivity (Wildman–Crippen MR) is 98.8 cm³/mol. The lowest BCUT2D eigenvalue weighted by atomic mass is 10.2. The van der Waals surface area contributed by atoms with E-state index in [0.29, 0.717) is 0 Å². The Morgan fingerprint density at radius 2 is 1.81 bits per heavy atom. The standard InChI is InChI=1S/C14H18Br3N3O/c1-3-5-10(4-2)19-20-13(21)8-18-14-11(16)6-9(15)7-12(14)17/h6-7,18H,3-5,8H2,1-2H3,(H,20,21)/b19-10-. The number of halogens is 3. The Hall–Kier alpha value is -0.400. The molecule has 0 heterocycles. The molecule has 0 aliphatic carbocycles. The monoisotopic (exact) mass is 481 g/mol. The van der Waals surface area contributed by atoms with E-state index in [2.05, 4.69) is 70.6 Å². The van der Waals surface area contributed by atoms with Gasteiger partial charge in [-0.05, 0) is 56.8 Å². The van der Waals surface area contributed by atoms with Gasteiger partial charge in [-0.2, -0.15) is 5.10 Å². The number of carbonyl (C=O) groups is 1. The van der Waals surface area contributed by atoms with Crippen LogP contribution in [-0.4, -0.2) is 18.2 Å². The van der Waals surface area contributed by atoms with Crippen LogP contribution < -0.4 is 10.7 Å². The molecule has 2 N–H and O–H groups in total. The van der Waals surface area contributed by atoms with Crippen LogP contribution in [0.25, 0.3) is 0 Å². The van der Waals surface area contributed by atoms with Crippen LogP contribution in [0.5, 0.6) is 0 Å². The number of anilines is 1. The molecule has 0 radical (unpaired) electrons. The van der Waals surface area contributed by atoms with E-state index < -0.39 is 0 Å². The highest BCUT2D eigenvalue weighted by Crippen LogP contribution is 2.34. The third-order valence-corrected chi connectivity index (χ3v) is 4.43. The number of rotatable bonds is 7. The fourth-order valence-electron chi connectivity index (χ4n) is 1.66. The Morgan fingerprint density at radius 1 is 1.19 bits per heavy atom. The van der Waals surface area contributed by atoms with E-state index in [1.165, 1.54) is 0 Å². The normalized spacial score (nSPS) is 11.4. The second kappa shape index (κ2) is 9.58. The molecule has 1 aromatic rings. The lowest BCUT2D eigenvalue weighted by Crippen LogP contribution is -2.27. The molecular weight excluding hydrogens is 466 g/mol. The van der Waals surface area contributed by atoms with Crippen molar-refractivity contribution >= 4 is 65.1 Å². The van der Waals surface area contributed by atoms with Crippen molar-refractivity contribution in [3.63, 3.8) is 0 Å². The van der Waals surface area contributed by atoms with Gasteiger partial charge in [0.05, 0.1) is 12.2 Å². The fraction of sp³-hybridized carbons (Fsp3) is 0.429. The average Bonchev–Trinajstić information content (AvgIpc) is 2.42. The van der Waals surface area contributed by atoms with E-state index in [-0.39, 0.29) is 12.5 Å². The van der Waals surface area contributed by atoms with Crippen LogP contribution in [0.4, 0.5) is 5.69 Å². The minimum Gasteiger partial charge on any atom is -0.374 e. The van der Waals surface area contributed by atoms with Gasteiger partial charge in [-0.25, -0.2) is 5.43 Å². The van der Waals surface area contributed by atoms with Gasteiger partial charge in [0.25, 0.3) is 5.91 Å².